The molecule has 1 aromatic heterocycles. The highest BCUT2D eigenvalue weighted by Gasteiger charge is 2.17. The van der Waals surface area contributed by atoms with Crippen LogP contribution in [0.15, 0.2) is 70.2 Å². The number of carbonyl (C=O) groups excluding carboxylic acids is 2. The number of nitrogens with one attached hydrogen (secondary N) is 2. The lowest BCUT2D eigenvalue weighted by Gasteiger charge is -2.17. The first kappa shape index (κ1) is 23.1. The summed E-state index contributed by atoms with van der Waals surface area (Å²) < 4.78 is 32.9. The monoisotopic (exact) mass is 455 g/mol. The third-order valence-electron chi connectivity index (χ3n) is 4.94. The number of furan rings is 1. The maximum atomic E-state index is 12.6. The van der Waals surface area contributed by atoms with Crippen LogP contribution in [0.3, 0.4) is 0 Å². The van der Waals surface area contributed by atoms with E-state index in [1.54, 1.807) is 30.3 Å². The quantitative estimate of drug-likeness (QED) is 0.543. The number of rotatable bonds is 8. The minimum Gasteiger partial charge on any atom is -0.467 e. The van der Waals surface area contributed by atoms with Crippen LogP contribution in [-0.4, -0.2) is 38.7 Å². The number of anilines is 1. The molecule has 3 rings (SSSR count). The largest absolute Gasteiger partial charge is 0.467 e. The smallest absolute Gasteiger partial charge is 0.261 e. The Hall–Kier alpha value is -3.59. The second-order valence-electron chi connectivity index (χ2n) is 7.45. The van der Waals surface area contributed by atoms with E-state index in [1.807, 2.05) is 13.8 Å². The molecule has 0 aliphatic carbocycles. The summed E-state index contributed by atoms with van der Waals surface area (Å²) >= 11 is 0. The normalized spacial score (nSPS) is 11.1. The standard InChI is InChI=1S/C23H25N3O5S/c1-16-6-11-21(13-17(16)2)32(29,30)25-19-9-7-18(8-10-19)23(28)26(3)15-22(27)24-14-20-5-4-12-31-20/h4-13,25H,14-15H2,1-3H3,(H,24,27). The molecule has 1 heterocycles. The molecular weight excluding hydrogens is 430 g/mol. The Kier molecular flexibility index (Phi) is 6.99. The van der Waals surface area contributed by atoms with Crippen molar-refractivity contribution in [3.63, 3.8) is 0 Å². The Morgan fingerprint density at radius 1 is 1.00 bits per heavy atom. The zero-order valence-corrected chi connectivity index (χ0v) is 18.9. The predicted octanol–water partition coefficient (Wildman–Crippen LogP) is 3.09. The third kappa shape index (κ3) is 5.76. The van der Waals surface area contributed by atoms with Crippen molar-refractivity contribution in [3.05, 3.63) is 83.3 Å². The molecule has 2 aromatic carbocycles. The van der Waals surface area contributed by atoms with E-state index in [-0.39, 0.29) is 29.8 Å². The Morgan fingerprint density at radius 2 is 1.72 bits per heavy atom. The van der Waals surface area contributed by atoms with Crippen LogP contribution in [0, 0.1) is 13.8 Å². The molecule has 168 valence electrons. The lowest BCUT2D eigenvalue weighted by molar-refractivity contribution is -0.121. The van der Waals surface area contributed by atoms with Crippen molar-refractivity contribution in [3.8, 4) is 0 Å². The second-order valence-corrected chi connectivity index (χ2v) is 9.13. The van der Waals surface area contributed by atoms with Gasteiger partial charge in [-0.3, -0.25) is 14.3 Å². The Balaban J connectivity index is 1.59. The van der Waals surface area contributed by atoms with Gasteiger partial charge >= 0.3 is 0 Å². The molecule has 0 spiro atoms. The van der Waals surface area contributed by atoms with Crippen molar-refractivity contribution in [2.75, 3.05) is 18.3 Å². The molecule has 0 aliphatic rings. The fourth-order valence-corrected chi connectivity index (χ4v) is 4.08. The van der Waals surface area contributed by atoms with Crippen molar-refractivity contribution in [2.45, 2.75) is 25.3 Å². The number of benzene rings is 2. The maximum Gasteiger partial charge on any atom is 0.261 e. The summed E-state index contributed by atoms with van der Waals surface area (Å²) in [5.74, 6) is -0.0668. The van der Waals surface area contributed by atoms with Crippen LogP contribution >= 0.6 is 0 Å². The molecule has 2 amide bonds. The van der Waals surface area contributed by atoms with E-state index in [0.717, 1.165) is 11.1 Å². The average molecular weight is 456 g/mol. The first-order chi connectivity index (χ1) is 15.2. The minimum atomic E-state index is -3.75. The maximum absolute atomic E-state index is 12.6. The van der Waals surface area contributed by atoms with Gasteiger partial charge in [-0.05, 0) is 73.5 Å². The number of carbonyl (C=O) groups is 2. The highest BCUT2D eigenvalue weighted by atomic mass is 32.2. The van der Waals surface area contributed by atoms with Gasteiger partial charge in [0.25, 0.3) is 15.9 Å². The molecular formula is C23H25N3O5S. The van der Waals surface area contributed by atoms with E-state index >= 15 is 0 Å². The zero-order valence-electron chi connectivity index (χ0n) is 18.1. The van der Waals surface area contributed by atoms with Crippen LogP contribution in [0.5, 0.6) is 0 Å². The molecule has 32 heavy (non-hydrogen) atoms. The van der Waals surface area contributed by atoms with Crippen LogP contribution in [-0.2, 0) is 21.4 Å². The highest BCUT2D eigenvalue weighted by Crippen LogP contribution is 2.19. The van der Waals surface area contributed by atoms with Gasteiger partial charge in [0.15, 0.2) is 0 Å². The number of aryl methyl sites for hydroxylation is 2. The van der Waals surface area contributed by atoms with Crippen molar-refractivity contribution in [1.29, 1.82) is 0 Å². The molecule has 3 aromatic rings. The molecule has 0 radical (unpaired) electrons. The van der Waals surface area contributed by atoms with Crippen LogP contribution in [0.25, 0.3) is 0 Å². The highest BCUT2D eigenvalue weighted by molar-refractivity contribution is 7.92. The van der Waals surface area contributed by atoms with E-state index < -0.39 is 10.0 Å². The SMILES string of the molecule is Cc1ccc(S(=O)(=O)Nc2ccc(C(=O)N(C)CC(=O)NCc3ccco3)cc2)cc1C. The zero-order chi connectivity index (χ0) is 23.3. The number of hydrogen-bond acceptors (Lipinski definition) is 5. The number of nitrogens with zero attached hydrogens (tertiary/aromatic N) is 1. The number of hydrogen-bond donors (Lipinski definition) is 2. The van der Waals surface area contributed by atoms with Crippen molar-refractivity contribution in [2.24, 2.45) is 0 Å². The van der Waals surface area contributed by atoms with Gasteiger partial charge < -0.3 is 14.6 Å². The summed E-state index contributed by atoms with van der Waals surface area (Å²) in [5.41, 5.74) is 2.55. The predicted molar refractivity (Wildman–Crippen MR) is 121 cm³/mol. The van der Waals surface area contributed by atoms with Gasteiger partial charge in [0, 0.05) is 18.3 Å². The molecule has 9 heteroatoms. The molecule has 0 unspecified atom stereocenters. The number of likely N-dealkylation sites (N-methyl/N-ethyl adjacent to an activating group) is 1. The van der Waals surface area contributed by atoms with E-state index in [4.69, 9.17) is 4.42 Å². The summed E-state index contributed by atoms with van der Waals surface area (Å²) in [7, 11) is -2.23. The second kappa shape index (κ2) is 9.69. The fraction of sp³-hybridized carbons (Fsp3) is 0.217. The molecule has 0 aliphatic heterocycles. The molecule has 0 fully saturated rings. The van der Waals surface area contributed by atoms with Crippen molar-refractivity contribution in [1.82, 2.24) is 10.2 Å². The summed E-state index contributed by atoms with van der Waals surface area (Å²) in [6, 6.07) is 14.4. The van der Waals surface area contributed by atoms with Crippen LogP contribution in [0.4, 0.5) is 5.69 Å². The van der Waals surface area contributed by atoms with E-state index in [9.17, 15) is 18.0 Å². The fourth-order valence-electron chi connectivity index (χ4n) is 2.94. The molecule has 0 saturated carbocycles. The summed E-state index contributed by atoms with van der Waals surface area (Å²) in [6.07, 6.45) is 1.52. The number of sulfonamides is 1. The minimum absolute atomic E-state index is 0.124. The van der Waals surface area contributed by atoms with Gasteiger partial charge in [-0.1, -0.05) is 6.07 Å². The lowest BCUT2D eigenvalue weighted by Crippen LogP contribution is -2.38. The van der Waals surface area contributed by atoms with Crippen molar-refractivity contribution >= 4 is 27.5 Å². The molecule has 0 bridgehead atoms. The van der Waals surface area contributed by atoms with Gasteiger partial charge in [-0.2, -0.15) is 0 Å². The Bertz CT molecular complexity index is 1200. The first-order valence-corrected chi connectivity index (χ1v) is 11.4. The molecule has 0 saturated heterocycles. The van der Waals surface area contributed by atoms with Gasteiger partial charge in [0.1, 0.15) is 5.76 Å². The van der Waals surface area contributed by atoms with Crippen molar-refractivity contribution < 1.29 is 22.4 Å². The topological polar surface area (TPSA) is 109 Å². The summed E-state index contributed by atoms with van der Waals surface area (Å²) in [6.45, 7) is 3.88. The molecule has 0 atom stereocenters. The van der Waals surface area contributed by atoms with Crippen LogP contribution in [0.2, 0.25) is 0 Å². The summed E-state index contributed by atoms with van der Waals surface area (Å²) in [4.78, 5) is 26.1. The summed E-state index contributed by atoms with van der Waals surface area (Å²) in [5, 5.41) is 2.68. The molecule has 2 N–H and O–H groups in total. The van der Waals surface area contributed by atoms with E-state index in [2.05, 4.69) is 10.0 Å². The van der Waals surface area contributed by atoms with Gasteiger partial charge in [0.2, 0.25) is 5.91 Å². The molecule has 8 nitrogen and oxygen atoms in total. The third-order valence-corrected chi connectivity index (χ3v) is 6.32. The Labute approximate surface area is 187 Å². The van der Waals surface area contributed by atoms with E-state index in [0.29, 0.717) is 17.0 Å². The van der Waals surface area contributed by atoms with E-state index in [1.165, 1.54) is 42.5 Å². The van der Waals surface area contributed by atoms with Gasteiger partial charge in [-0.25, -0.2) is 8.42 Å². The first-order valence-electron chi connectivity index (χ1n) is 9.90. The van der Waals surface area contributed by atoms with Crippen LogP contribution in [0.1, 0.15) is 27.2 Å². The van der Waals surface area contributed by atoms with Crippen LogP contribution < -0.4 is 10.0 Å². The average Bonchev–Trinajstić information content (AvgIpc) is 3.27. The van der Waals surface area contributed by atoms with Gasteiger partial charge in [-0.15, -0.1) is 0 Å². The number of amides is 2. The Morgan fingerprint density at radius 3 is 2.34 bits per heavy atom. The lowest BCUT2D eigenvalue weighted by atomic mass is 10.1. The van der Waals surface area contributed by atoms with Gasteiger partial charge in [0.05, 0.1) is 24.2 Å².